The minimum absolute atomic E-state index is 0.0218. The molecule has 1 fully saturated rings. The van der Waals surface area contributed by atoms with Crippen LogP contribution in [0.3, 0.4) is 0 Å². The second-order valence-electron chi connectivity index (χ2n) is 3.96. The molecule has 2 heterocycles. The van der Waals surface area contributed by atoms with E-state index < -0.39 is 0 Å². The molecule has 0 bridgehead atoms. The molecule has 0 aliphatic carbocycles. The molecule has 5 nitrogen and oxygen atoms in total. The highest BCUT2D eigenvalue weighted by atomic mass is 16.5. The number of morpholine rings is 1. The Morgan fingerprint density at radius 1 is 1.29 bits per heavy atom. The monoisotopic (exact) mass is 230 g/mol. The first kappa shape index (κ1) is 10.4. The van der Waals surface area contributed by atoms with Crippen LogP contribution in [-0.4, -0.2) is 34.5 Å². The summed E-state index contributed by atoms with van der Waals surface area (Å²) in [6.45, 7) is 2.40. The SMILES string of the molecule is c1ccc(-n2cnnc2C2CNCCO2)cc1. The van der Waals surface area contributed by atoms with E-state index in [0.29, 0.717) is 6.61 Å². The van der Waals surface area contributed by atoms with E-state index in [4.69, 9.17) is 4.74 Å². The molecule has 0 spiro atoms. The summed E-state index contributed by atoms with van der Waals surface area (Å²) in [6, 6.07) is 10.1. The Balaban J connectivity index is 1.93. The highest BCUT2D eigenvalue weighted by Crippen LogP contribution is 2.19. The maximum atomic E-state index is 5.70. The molecule has 0 amide bonds. The number of hydrogen-bond acceptors (Lipinski definition) is 4. The van der Waals surface area contributed by atoms with Crippen LogP contribution in [0.25, 0.3) is 5.69 Å². The average Bonchev–Trinajstić information content (AvgIpc) is 2.90. The van der Waals surface area contributed by atoms with Gasteiger partial charge in [0.05, 0.1) is 6.61 Å². The lowest BCUT2D eigenvalue weighted by atomic mass is 10.2. The van der Waals surface area contributed by atoms with Crippen LogP contribution < -0.4 is 5.32 Å². The standard InChI is InChI=1S/C12H14N4O/c1-2-4-10(5-3-1)16-9-14-15-12(16)11-8-13-6-7-17-11/h1-5,9,11,13H,6-8H2. The Morgan fingerprint density at radius 2 is 2.18 bits per heavy atom. The lowest BCUT2D eigenvalue weighted by molar-refractivity contribution is 0.0210. The fourth-order valence-corrected chi connectivity index (χ4v) is 1.98. The van der Waals surface area contributed by atoms with Gasteiger partial charge in [0.25, 0.3) is 0 Å². The number of aromatic nitrogens is 3. The molecule has 1 aromatic carbocycles. The lowest BCUT2D eigenvalue weighted by Crippen LogP contribution is -2.34. The van der Waals surface area contributed by atoms with E-state index in [9.17, 15) is 0 Å². The largest absolute Gasteiger partial charge is 0.368 e. The van der Waals surface area contributed by atoms with E-state index in [-0.39, 0.29) is 6.10 Å². The highest BCUT2D eigenvalue weighted by molar-refractivity contribution is 5.32. The van der Waals surface area contributed by atoms with Gasteiger partial charge in [-0.2, -0.15) is 0 Å². The molecular weight excluding hydrogens is 216 g/mol. The van der Waals surface area contributed by atoms with Crippen molar-refractivity contribution in [2.24, 2.45) is 0 Å². The summed E-state index contributed by atoms with van der Waals surface area (Å²) in [4.78, 5) is 0. The van der Waals surface area contributed by atoms with Crippen molar-refractivity contribution in [2.75, 3.05) is 19.7 Å². The topological polar surface area (TPSA) is 52.0 Å². The maximum absolute atomic E-state index is 5.70. The van der Waals surface area contributed by atoms with Gasteiger partial charge in [-0.15, -0.1) is 10.2 Å². The van der Waals surface area contributed by atoms with Crippen LogP contribution in [-0.2, 0) is 4.74 Å². The Bertz CT molecular complexity index is 476. The van der Waals surface area contributed by atoms with Crippen LogP contribution in [0.5, 0.6) is 0 Å². The van der Waals surface area contributed by atoms with Gasteiger partial charge in [0, 0.05) is 18.8 Å². The van der Waals surface area contributed by atoms with E-state index in [1.807, 2.05) is 34.9 Å². The van der Waals surface area contributed by atoms with Gasteiger partial charge in [-0.05, 0) is 12.1 Å². The van der Waals surface area contributed by atoms with Crippen molar-refractivity contribution in [3.05, 3.63) is 42.5 Å². The Morgan fingerprint density at radius 3 is 2.94 bits per heavy atom. The van der Waals surface area contributed by atoms with E-state index in [0.717, 1.165) is 24.6 Å². The molecular formula is C12H14N4O. The fraction of sp³-hybridized carbons (Fsp3) is 0.333. The summed E-state index contributed by atoms with van der Waals surface area (Å²) in [5.41, 5.74) is 1.06. The number of benzene rings is 1. The quantitative estimate of drug-likeness (QED) is 0.833. The van der Waals surface area contributed by atoms with Crippen LogP contribution >= 0.6 is 0 Å². The fourth-order valence-electron chi connectivity index (χ4n) is 1.98. The molecule has 1 saturated heterocycles. The molecule has 3 rings (SSSR count). The minimum atomic E-state index is -0.0218. The van der Waals surface area contributed by atoms with Crippen LogP contribution in [0.15, 0.2) is 36.7 Å². The number of nitrogens with zero attached hydrogens (tertiary/aromatic N) is 3. The summed E-state index contributed by atoms with van der Waals surface area (Å²) in [6.07, 6.45) is 1.70. The van der Waals surface area contributed by atoms with E-state index in [1.54, 1.807) is 6.33 Å². The van der Waals surface area contributed by atoms with Gasteiger partial charge in [-0.1, -0.05) is 18.2 Å². The predicted octanol–water partition coefficient (Wildman–Crippen LogP) is 0.928. The van der Waals surface area contributed by atoms with Crippen molar-refractivity contribution in [3.63, 3.8) is 0 Å². The third-order valence-electron chi connectivity index (χ3n) is 2.82. The average molecular weight is 230 g/mol. The molecule has 17 heavy (non-hydrogen) atoms. The van der Waals surface area contributed by atoms with Crippen molar-refractivity contribution in [1.29, 1.82) is 0 Å². The zero-order valence-corrected chi connectivity index (χ0v) is 9.41. The van der Waals surface area contributed by atoms with E-state index in [1.165, 1.54) is 0 Å². The first-order valence-corrected chi connectivity index (χ1v) is 5.73. The van der Waals surface area contributed by atoms with Gasteiger partial charge in [0.2, 0.25) is 0 Å². The number of rotatable bonds is 2. The smallest absolute Gasteiger partial charge is 0.167 e. The first-order chi connectivity index (χ1) is 8.45. The molecule has 1 atom stereocenters. The Hall–Kier alpha value is -1.72. The molecule has 0 saturated carbocycles. The molecule has 1 aliphatic heterocycles. The van der Waals surface area contributed by atoms with Crippen molar-refractivity contribution < 1.29 is 4.74 Å². The lowest BCUT2D eigenvalue weighted by Gasteiger charge is -2.23. The molecule has 1 aromatic heterocycles. The van der Waals surface area contributed by atoms with Gasteiger partial charge in [-0.3, -0.25) is 4.57 Å². The van der Waals surface area contributed by atoms with Gasteiger partial charge in [-0.25, -0.2) is 0 Å². The maximum Gasteiger partial charge on any atom is 0.167 e. The number of nitrogens with one attached hydrogen (secondary N) is 1. The number of hydrogen-bond donors (Lipinski definition) is 1. The summed E-state index contributed by atoms with van der Waals surface area (Å²) >= 11 is 0. The van der Waals surface area contributed by atoms with Crippen molar-refractivity contribution >= 4 is 0 Å². The third-order valence-corrected chi connectivity index (χ3v) is 2.82. The molecule has 1 unspecified atom stereocenters. The van der Waals surface area contributed by atoms with Crippen LogP contribution in [0.4, 0.5) is 0 Å². The molecule has 88 valence electrons. The van der Waals surface area contributed by atoms with Crippen LogP contribution in [0, 0.1) is 0 Å². The van der Waals surface area contributed by atoms with Gasteiger partial charge >= 0.3 is 0 Å². The number of ether oxygens (including phenoxy) is 1. The van der Waals surface area contributed by atoms with Crippen molar-refractivity contribution in [3.8, 4) is 5.69 Å². The van der Waals surface area contributed by atoms with Crippen LogP contribution in [0.1, 0.15) is 11.9 Å². The number of para-hydroxylation sites is 1. The normalized spacial score (nSPS) is 20.4. The Labute approximate surface area is 99.4 Å². The summed E-state index contributed by atoms with van der Waals surface area (Å²) in [5, 5.41) is 11.4. The highest BCUT2D eigenvalue weighted by Gasteiger charge is 2.21. The van der Waals surface area contributed by atoms with Crippen molar-refractivity contribution in [1.82, 2.24) is 20.1 Å². The summed E-state index contributed by atoms with van der Waals surface area (Å²) in [5.74, 6) is 0.850. The van der Waals surface area contributed by atoms with Gasteiger partial charge in [0.15, 0.2) is 5.82 Å². The zero-order chi connectivity index (χ0) is 11.5. The molecule has 1 aliphatic rings. The van der Waals surface area contributed by atoms with E-state index >= 15 is 0 Å². The summed E-state index contributed by atoms with van der Waals surface area (Å²) in [7, 11) is 0. The van der Waals surface area contributed by atoms with Gasteiger partial charge in [0.1, 0.15) is 12.4 Å². The van der Waals surface area contributed by atoms with E-state index in [2.05, 4.69) is 15.5 Å². The molecule has 1 N–H and O–H groups in total. The molecule has 5 heteroatoms. The minimum Gasteiger partial charge on any atom is -0.368 e. The van der Waals surface area contributed by atoms with Gasteiger partial charge < -0.3 is 10.1 Å². The zero-order valence-electron chi connectivity index (χ0n) is 9.41. The third kappa shape index (κ3) is 2.07. The Kier molecular flexibility index (Phi) is 2.85. The summed E-state index contributed by atoms with van der Waals surface area (Å²) < 4.78 is 7.67. The predicted molar refractivity (Wildman–Crippen MR) is 62.9 cm³/mol. The van der Waals surface area contributed by atoms with Crippen LogP contribution in [0.2, 0.25) is 0 Å². The molecule has 2 aromatic rings. The van der Waals surface area contributed by atoms with Crippen molar-refractivity contribution in [2.45, 2.75) is 6.10 Å². The second-order valence-corrected chi connectivity index (χ2v) is 3.96. The first-order valence-electron chi connectivity index (χ1n) is 5.73. The second kappa shape index (κ2) is 4.65. The molecule has 0 radical (unpaired) electrons.